The molecule has 3 aliphatic heterocycles. The largest absolute Gasteiger partial charge is 0.475 e. The van der Waals surface area contributed by atoms with E-state index in [0.717, 1.165) is 50.5 Å². The molecule has 0 saturated heterocycles. The quantitative estimate of drug-likeness (QED) is 0.585. The summed E-state index contributed by atoms with van der Waals surface area (Å²) in [4.78, 5) is 21.3. The predicted octanol–water partition coefficient (Wildman–Crippen LogP) is 3.50. The molecule has 0 aromatic carbocycles. The topological polar surface area (TPSA) is 57.6 Å². The lowest BCUT2D eigenvalue weighted by atomic mass is 10.00. The molecular weight excluding hydrogens is 424 g/mol. The molecule has 3 aliphatic rings. The second-order valence-corrected chi connectivity index (χ2v) is 10.1. The molecule has 7 nitrogen and oxygen atoms in total. The van der Waals surface area contributed by atoms with E-state index in [1.807, 2.05) is 6.07 Å². The molecule has 3 aromatic rings. The van der Waals surface area contributed by atoms with Gasteiger partial charge in [-0.1, -0.05) is 6.07 Å². The second kappa shape index (κ2) is 8.73. The highest BCUT2D eigenvalue weighted by Gasteiger charge is 2.28. The molecular formula is C27H32N6O. The van der Waals surface area contributed by atoms with Crippen molar-refractivity contribution in [3.63, 3.8) is 0 Å². The van der Waals surface area contributed by atoms with E-state index in [4.69, 9.17) is 14.7 Å². The van der Waals surface area contributed by atoms with Gasteiger partial charge in [0.15, 0.2) is 0 Å². The third-order valence-electron chi connectivity index (χ3n) is 7.58. The first kappa shape index (κ1) is 21.6. The van der Waals surface area contributed by atoms with Gasteiger partial charge >= 0.3 is 0 Å². The fraction of sp³-hybridized carbons (Fsp3) is 0.444. The van der Waals surface area contributed by atoms with Crippen molar-refractivity contribution < 1.29 is 4.74 Å². The maximum atomic E-state index is 6.09. The fourth-order valence-corrected chi connectivity index (χ4v) is 5.71. The second-order valence-electron chi connectivity index (χ2n) is 10.1. The number of aryl methyl sites for hydroxylation is 1. The molecule has 34 heavy (non-hydrogen) atoms. The van der Waals surface area contributed by atoms with Crippen LogP contribution in [0.15, 0.2) is 42.9 Å². The average Bonchev–Trinajstić information content (AvgIpc) is 3.00. The summed E-state index contributed by atoms with van der Waals surface area (Å²) in [6, 6.07) is 9.30. The van der Waals surface area contributed by atoms with Gasteiger partial charge in [0.05, 0.1) is 11.7 Å². The smallest absolute Gasteiger partial charge is 0.217 e. The summed E-state index contributed by atoms with van der Waals surface area (Å²) in [5.41, 5.74) is 8.81. The van der Waals surface area contributed by atoms with Crippen LogP contribution >= 0.6 is 0 Å². The van der Waals surface area contributed by atoms with Gasteiger partial charge in [-0.15, -0.1) is 0 Å². The van der Waals surface area contributed by atoms with Gasteiger partial charge in [0, 0.05) is 62.1 Å². The summed E-state index contributed by atoms with van der Waals surface area (Å²) < 4.78 is 6.09. The van der Waals surface area contributed by atoms with Crippen LogP contribution in [0.5, 0.6) is 5.88 Å². The SMILES string of the molecule is CN1Cc2cc(C3CCc4ncc(C5COc6ncccc6CN5C)cc4CN3C)cnc2C1. The van der Waals surface area contributed by atoms with Crippen molar-refractivity contribution in [1.29, 1.82) is 0 Å². The van der Waals surface area contributed by atoms with E-state index in [0.29, 0.717) is 12.6 Å². The molecule has 0 amide bonds. The first-order chi connectivity index (χ1) is 16.5. The predicted molar refractivity (Wildman–Crippen MR) is 130 cm³/mol. The molecule has 0 aliphatic carbocycles. The van der Waals surface area contributed by atoms with Gasteiger partial charge in [0.2, 0.25) is 5.88 Å². The third kappa shape index (κ3) is 3.98. The van der Waals surface area contributed by atoms with Crippen LogP contribution in [-0.2, 0) is 32.6 Å². The number of ether oxygens (including phenoxy) is 1. The van der Waals surface area contributed by atoms with Crippen LogP contribution in [-0.4, -0.2) is 57.4 Å². The first-order valence-electron chi connectivity index (χ1n) is 12.2. The lowest BCUT2D eigenvalue weighted by Crippen LogP contribution is -2.27. The Morgan fingerprint density at radius 2 is 1.50 bits per heavy atom. The van der Waals surface area contributed by atoms with Crippen LogP contribution in [0, 0.1) is 0 Å². The summed E-state index contributed by atoms with van der Waals surface area (Å²) in [7, 11) is 6.54. The van der Waals surface area contributed by atoms with Gasteiger partial charge < -0.3 is 4.74 Å². The Hall–Kier alpha value is -2.87. The molecule has 6 rings (SSSR count). The highest BCUT2D eigenvalue weighted by molar-refractivity contribution is 5.34. The Bertz CT molecular complexity index is 1210. The molecule has 7 heteroatoms. The van der Waals surface area contributed by atoms with Gasteiger partial charge in [-0.05, 0) is 74.4 Å². The van der Waals surface area contributed by atoms with Crippen LogP contribution in [0.2, 0.25) is 0 Å². The van der Waals surface area contributed by atoms with Crippen LogP contribution in [0.3, 0.4) is 0 Å². The zero-order valence-electron chi connectivity index (χ0n) is 20.2. The molecule has 176 valence electrons. The average molecular weight is 457 g/mol. The van der Waals surface area contributed by atoms with E-state index in [1.54, 1.807) is 6.20 Å². The molecule has 0 bridgehead atoms. The Labute approximate surface area is 201 Å². The summed E-state index contributed by atoms with van der Waals surface area (Å²) in [5.74, 6) is 0.747. The Morgan fingerprint density at radius 1 is 0.794 bits per heavy atom. The van der Waals surface area contributed by atoms with Crippen molar-refractivity contribution in [1.82, 2.24) is 29.7 Å². The van der Waals surface area contributed by atoms with Gasteiger partial charge in [-0.2, -0.15) is 0 Å². The molecule has 0 saturated carbocycles. The minimum Gasteiger partial charge on any atom is -0.475 e. The number of likely N-dealkylation sites (N-methyl/N-ethyl adjacent to an activating group) is 1. The number of rotatable bonds is 2. The number of hydrogen-bond acceptors (Lipinski definition) is 7. The van der Waals surface area contributed by atoms with Crippen molar-refractivity contribution in [2.75, 3.05) is 27.7 Å². The van der Waals surface area contributed by atoms with E-state index in [1.165, 1.54) is 33.6 Å². The van der Waals surface area contributed by atoms with Gasteiger partial charge in [-0.3, -0.25) is 24.7 Å². The highest BCUT2D eigenvalue weighted by Crippen LogP contribution is 2.34. The number of nitrogens with zero attached hydrogens (tertiary/aromatic N) is 6. The molecule has 3 aromatic heterocycles. The summed E-state index contributed by atoms with van der Waals surface area (Å²) in [6.45, 7) is 4.22. The molecule has 0 radical (unpaired) electrons. The summed E-state index contributed by atoms with van der Waals surface area (Å²) in [5, 5.41) is 0. The number of fused-ring (bicyclic) bond motifs is 3. The minimum atomic E-state index is 0.147. The highest BCUT2D eigenvalue weighted by atomic mass is 16.5. The lowest BCUT2D eigenvalue weighted by Gasteiger charge is -2.27. The van der Waals surface area contributed by atoms with E-state index in [2.05, 4.69) is 71.4 Å². The van der Waals surface area contributed by atoms with E-state index in [9.17, 15) is 0 Å². The Kier molecular flexibility index (Phi) is 5.56. The number of pyridine rings is 3. The van der Waals surface area contributed by atoms with Crippen molar-refractivity contribution in [2.24, 2.45) is 0 Å². The zero-order valence-corrected chi connectivity index (χ0v) is 20.2. The number of aromatic nitrogens is 3. The fourth-order valence-electron chi connectivity index (χ4n) is 5.71. The van der Waals surface area contributed by atoms with E-state index in [-0.39, 0.29) is 6.04 Å². The van der Waals surface area contributed by atoms with E-state index < -0.39 is 0 Å². The van der Waals surface area contributed by atoms with Crippen LogP contribution < -0.4 is 4.74 Å². The van der Waals surface area contributed by atoms with Gasteiger partial charge in [0.25, 0.3) is 0 Å². The van der Waals surface area contributed by atoms with Gasteiger partial charge in [0.1, 0.15) is 6.61 Å². The molecule has 0 fully saturated rings. The standard InChI is InChI=1S/C27H32N6O/c1-31-13-21-9-19(11-30-24(21)16-31)25-7-6-23-22(15-32(25)2)10-20(12-29-23)26-17-34-27-18(14-33(26)3)5-4-8-28-27/h4-5,8-12,25-26H,6-7,13-17H2,1-3H3. The van der Waals surface area contributed by atoms with Crippen molar-refractivity contribution in [3.8, 4) is 5.88 Å². The Morgan fingerprint density at radius 3 is 2.35 bits per heavy atom. The normalized spacial score (nSPS) is 23.4. The molecule has 0 N–H and O–H groups in total. The molecule has 0 spiro atoms. The third-order valence-corrected chi connectivity index (χ3v) is 7.58. The first-order valence-corrected chi connectivity index (χ1v) is 12.2. The molecule has 2 atom stereocenters. The maximum absolute atomic E-state index is 6.09. The lowest BCUT2D eigenvalue weighted by molar-refractivity contribution is 0.174. The van der Waals surface area contributed by atoms with Crippen LogP contribution in [0.4, 0.5) is 0 Å². The van der Waals surface area contributed by atoms with Crippen LogP contribution in [0.1, 0.15) is 57.7 Å². The summed E-state index contributed by atoms with van der Waals surface area (Å²) >= 11 is 0. The molecule has 2 unspecified atom stereocenters. The number of hydrogen-bond donors (Lipinski definition) is 0. The molecule has 6 heterocycles. The van der Waals surface area contributed by atoms with Gasteiger partial charge in [-0.25, -0.2) is 4.98 Å². The van der Waals surface area contributed by atoms with E-state index >= 15 is 0 Å². The monoisotopic (exact) mass is 456 g/mol. The van der Waals surface area contributed by atoms with Crippen molar-refractivity contribution in [3.05, 3.63) is 82.1 Å². The van der Waals surface area contributed by atoms with Crippen molar-refractivity contribution >= 4 is 0 Å². The summed E-state index contributed by atoms with van der Waals surface area (Å²) in [6.07, 6.45) is 7.98. The minimum absolute atomic E-state index is 0.147. The zero-order chi connectivity index (χ0) is 23.2. The maximum Gasteiger partial charge on any atom is 0.217 e. The Balaban J connectivity index is 1.23. The van der Waals surface area contributed by atoms with Crippen LogP contribution in [0.25, 0.3) is 0 Å². The van der Waals surface area contributed by atoms with Crippen molar-refractivity contribution in [2.45, 2.75) is 51.1 Å².